The van der Waals surface area contributed by atoms with Crippen molar-refractivity contribution < 1.29 is 46.4 Å². The predicted molar refractivity (Wildman–Crippen MR) is 114 cm³/mol. The molecule has 0 aliphatic carbocycles. The number of unbranched alkanes of at least 4 members (excludes halogenated alkanes) is 10. The molecule has 0 amide bonds. The van der Waals surface area contributed by atoms with Crippen LogP contribution < -0.4 is 0 Å². The van der Waals surface area contributed by atoms with E-state index in [0.29, 0.717) is 24.3 Å². The summed E-state index contributed by atoms with van der Waals surface area (Å²) in [6.07, 6.45) is 13.6. The summed E-state index contributed by atoms with van der Waals surface area (Å²) in [5.41, 5.74) is 0.586. The van der Waals surface area contributed by atoms with Crippen LogP contribution in [0.15, 0.2) is 24.3 Å². The molecule has 0 heterocycles. The molecule has 1 aromatic carbocycles. The average Bonchev–Trinajstić information content (AvgIpc) is 2.72. The van der Waals surface area contributed by atoms with E-state index in [2.05, 4.69) is 13.8 Å². The fourth-order valence-corrected chi connectivity index (χ4v) is 3.09. The monoisotopic (exact) mass is 504 g/mol. The van der Waals surface area contributed by atoms with Crippen molar-refractivity contribution in [3.05, 3.63) is 35.4 Å². The number of benzene rings is 1. The third kappa shape index (κ3) is 13.1. The van der Waals surface area contributed by atoms with Crippen LogP contribution in [0.2, 0.25) is 0 Å². The maximum absolute atomic E-state index is 12.4. The summed E-state index contributed by atoms with van der Waals surface area (Å²) in [6.45, 7) is 5.17. The first kappa shape index (κ1) is 28.1. The van der Waals surface area contributed by atoms with Crippen LogP contribution in [-0.4, -0.2) is 25.2 Å². The van der Waals surface area contributed by atoms with Crippen molar-refractivity contribution in [1.29, 1.82) is 0 Å². The summed E-state index contributed by atoms with van der Waals surface area (Å²) in [6, 6.07) is 6.74. The number of carbonyl (C=O) groups is 2. The SMILES string of the molecule is CCCCCCCCOC(=O)c1ccccc1C(=O)OCCCCCCCC.[Cd]. The third-order valence-corrected chi connectivity index (χ3v) is 4.83. The molecule has 0 bridgehead atoms. The second-order valence-electron chi connectivity index (χ2n) is 7.35. The Morgan fingerprint density at radius 2 is 0.966 bits per heavy atom. The molecule has 0 fully saturated rings. The fraction of sp³-hybridized carbons (Fsp3) is 0.667. The van der Waals surface area contributed by atoms with Crippen molar-refractivity contribution in [2.24, 2.45) is 0 Å². The zero-order valence-corrected chi connectivity index (χ0v) is 22.6. The van der Waals surface area contributed by atoms with Gasteiger partial charge in [0.25, 0.3) is 0 Å². The van der Waals surface area contributed by atoms with Crippen LogP contribution in [0.4, 0.5) is 0 Å². The molecule has 4 nitrogen and oxygen atoms in total. The zero-order valence-electron chi connectivity index (χ0n) is 18.5. The van der Waals surface area contributed by atoms with Gasteiger partial charge in [-0.05, 0) is 25.0 Å². The largest absolute Gasteiger partial charge is 0.462 e. The van der Waals surface area contributed by atoms with E-state index in [1.54, 1.807) is 24.3 Å². The van der Waals surface area contributed by atoms with E-state index in [9.17, 15) is 9.59 Å². The van der Waals surface area contributed by atoms with E-state index in [4.69, 9.17) is 9.47 Å². The first-order valence-corrected chi connectivity index (χ1v) is 11.1. The van der Waals surface area contributed by atoms with Crippen LogP contribution >= 0.6 is 0 Å². The summed E-state index contributed by atoms with van der Waals surface area (Å²) in [5, 5.41) is 0. The van der Waals surface area contributed by atoms with Crippen LogP contribution in [0.5, 0.6) is 0 Å². The molecular formula is C24H38CdO4. The van der Waals surface area contributed by atoms with Crippen LogP contribution in [0.3, 0.4) is 0 Å². The van der Waals surface area contributed by atoms with Gasteiger partial charge in [-0.1, -0.05) is 90.2 Å². The van der Waals surface area contributed by atoms with E-state index >= 15 is 0 Å². The molecule has 160 valence electrons. The first-order valence-electron chi connectivity index (χ1n) is 11.1. The normalized spacial score (nSPS) is 10.3. The third-order valence-electron chi connectivity index (χ3n) is 4.83. The minimum atomic E-state index is -0.444. The Kier molecular flexibility index (Phi) is 18.5. The molecule has 0 aliphatic heterocycles. The predicted octanol–water partition coefficient (Wildman–Crippen LogP) is 6.72. The number of hydrogen-bond acceptors (Lipinski definition) is 4. The fourth-order valence-electron chi connectivity index (χ4n) is 3.09. The molecule has 0 unspecified atom stereocenters. The number of carbonyl (C=O) groups excluding carboxylic acids is 2. The van der Waals surface area contributed by atoms with Gasteiger partial charge in [0.15, 0.2) is 0 Å². The summed E-state index contributed by atoms with van der Waals surface area (Å²) in [4.78, 5) is 24.7. The van der Waals surface area contributed by atoms with E-state index in [-0.39, 0.29) is 27.3 Å². The summed E-state index contributed by atoms with van der Waals surface area (Å²) in [7, 11) is 0. The Morgan fingerprint density at radius 1 is 0.621 bits per heavy atom. The molecule has 29 heavy (non-hydrogen) atoms. The average molecular weight is 503 g/mol. The van der Waals surface area contributed by atoms with Crippen LogP contribution in [0, 0.1) is 0 Å². The van der Waals surface area contributed by atoms with Gasteiger partial charge in [-0.15, -0.1) is 0 Å². The molecule has 1 aromatic rings. The van der Waals surface area contributed by atoms with Crippen molar-refractivity contribution in [2.45, 2.75) is 90.9 Å². The Labute approximate surface area is 197 Å². The standard InChI is InChI=1S/C24H38O4.Cd/c1-3-5-7-9-11-15-19-27-23(25)21-17-13-14-18-22(21)24(26)28-20-16-12-10-8-6-4-2;/h13-14,17-18H,3-12,15-16,19-20H2,1-2H3;. The van der Waals surface area contributed by atoms with E-state index in [0.717, 1.165) is 25.7 Å². The van der Waals surface area contributed by atoms with Crippen molar-refractivity contribution in [3.8, 4) is 0 Å². The Hall–Kier alpha value is -0.918. The van der Waals surface area contributed by atoms with E-state index < -0.39 is 11.9 Å². The second kappa shape index (κ2) is 19.1. The molecule has 0 N–H and O–H groups in total. The molecule has 5 heteroatoms. The maximum atomic E-state index is 12.4. The van der Waals surface area contributed by atoms with Gasteiger partial charge in [0.1, 0.15) is 0 Å². The van der Waals surface area contributed by atoms with Gasteiger partial charge in [-0.2, -0.15) is 0 Å². The molecule has 1 rings (SSSR count). The van der Waals surface area contributed by atoms with Crippen molar-refractivity contribution in [3.63, 3.8) is 0 Å². The summed E-state index contributed by atoms with van der Waals surface area (Å²) < 4.78 is 10.7. The molecular weight excluding hydrogens is 465 g/mol. The van der Waals surface area contributed by atoms with Crippen LogP contribution in [-0.2, 0) is 36.8 Å². The van der Waals surface area contributed by atoms with Gasteiger partial charge >= 0.3 is 11.9 Å². The number of rotatable bonds is 16. The minimum absolute atomic E-state index is 0. The second-order valence-corrected chi connectivity index (χ2v) is 7.35. The molecule has 0 spiro atoms. The van der Waals surface area contributed by atoms with Crippen LogP contribution in [0.25, 0.3) is 0 Å². The molecule has 0 atom stereocenters. The van der Waals surface area contributed by atoms with Gasteiger partial charge in [0.05, 0.1) is 24.3 Å². The van der Waals surface area contributed by atoms with E-state index in [1.165, 1.54) is 51.4 Å². The quantitative estimate of drug-likeness (QED) is 0.143. The number of esters is 2. The van der Waals surface area contributed by atoms with Crippen molar-refractivity contribution in [1.82, 2.24) is 0 Å². The summed E-state index contributed by atoms with van der Waals surface area (Å²) in [5.74, 6) is -0.888. The molecule has 0 aromatic heterocycles. The maximum Gasteiger partial charge on any atom is 0.339 e. The smallest absolute Gasteiger partial charge is 0.339 e. The van der Waals surface area contributed by atoms with Gasteiger partial charge < -0.3 is 9.47 Å². The Morgan fingerprint density at radius 3 is 1.34 bits per heavy atom. The number of ether oxygens (including phenoxy) is 2. The Balaban J connectivity index is 0.00000784. The molecule has 0 radical (unpaired) electrons. The Bertz CT molecular complexity index is 511. The van der Waals surface area contributed by atoms with Crippen molar-refractivity contribution >= 4 is 11.9 Å². The van der Waals surface area contributed by atoms with Gasteiger partial charge in [-0.25, -0.2) is 9.59 Å². The molecule has 0 aliphatic rings. The van der Waals surface area contributed by atoms with Gasteiger partial charge in [0.2, 0.25) is 0 Å². The zero-order chi connectivity index (χ0) is 20.5. The molecule has 0 saturated heterocycles. The molecule has 0 saturated carbocycles. The van der Waals surface area contributed by atoms with Gasteiger partial charge in [-0.3, -0.25) is 0 Å². The topological polar surface area (TPSA) is 52.6 Å². The van der Waals surface area contributed by atoms with Gasteiger partial charge in [0, 0.05) is 27.3 Å². The summed E-state index contributed by atoms with van der Waals surface area (Å²) >= 11 is 0. The minimum Gasteiger partial charge on any atom is -0.462 e. The number of hydrogen-bond donors (Lipinski definition) is 0. The van der Waals surface area contributed by atoms with Crippen LogP contribution in [0.1, 0.15) is 112 Å². The van der Waals surface area contributed by atoms with E-state index in [1.807, 2.05) is 0 Å². The van der Waals surface area contributed by atoms with Crippen molar-refractivity contribution in [2.75, 3.05) is 13.2 Å². The first-order chi connectivity index (χ1) is 13.7.